The third kappa shape index (κ3) is 2.93. The van der Waals surface area contributed by atoms with Gasteiger partial charge in [0.15, 0.2) is 5.16 Å². The molecule has 138 valence electrons. The minimum atomic E-state index is -0.534. The number of nitro groups is 1. The Kier molecular flexibility index (Phi) is 4.31. The summed E-state index contributed by atoms with van der Waals surface area (Å²) in [7, 11) is 0. The number of anilines is 1. The number of rotatable bonds is 3. The maximum absolute atomic E-state index is 12.8. The second-order valence-corrected chi connectivity index (χ2v) is 7.23. The number of Topliss-reactive ketones (excluding diaryl/α,β-unsaturated/α-hetero) is 1. The molecule has 27 heavy (non-hydrogen) atoms. The maximum atomic E-state index is 12.8. The number of carbonyl (C=O) groups excluding carboxylic acids is 1. The molecular weight excluding hydrogens is 368 g/mol. The molecule has 2 unspecified atom stereocenters. The van der Waals surface area contributed by atoms with E-state index in [-0.39, 0.29) is 17.0 Å². The average molecular weight is 384 g/mol. The van der Waals surface area contributed by atoms with Gasteiger partial charge in [-0.25, -0.2) is 4.98 Å². The molecule has 2 aromatic rings. The van der Waals surface area contributed by atoms with Crippen LogP contribution in [0.1, 0.15) is 29.9 Å². The number of non-ortho nitro benzene ring substituents is 1. The summed E-state index contributed by atoms with van der Waals surface area (Å²) in [6.07, 6.45) is 4.82. The molecule has 0 radical (unpaired) electrons. The van der Waals surface area contributed by atoms with E-state index in [1.165, 1.54) is 23.9 Å². The Labute approximate surface area is 158 Å². The summed E-state index contributed by atoms with van der Waals surface area (Å²) < 4.78 is 0. The van der Waals surface area contributed by atoms with Gasteiger partial charge in [0.05, 0.1) is 16.4 Å². The SMILES string of the molecule is CSc1nc2c(c(=O)[nH]1)C(c1ccc([N+](=O)[O-])cc1)C1C(=O)CCC=C1N2. The zero-order valence-electron chi connectivity index (χ0n) is 14.4. The number of hydrogen-bond acceptors (Lipinski definition) is 7. The Balaban J connectivity index is 1.93. The fourth-order valence-electron chi connectivity index (χ4n) is 3.73. The molecule has 2 atom stereocenters. The van der Waals surface area contributed by atoms with Gasteiger partial charge in [-0.05, 0) is 18.2 Å². The number of aromatic amines is 1. The standard InChI is InChI=1S/C18H16N4O4S/c1-27-18-20-16-15(17(24)21-18)13(9-5-7-10(8-6-9)22(25)26)14-11(19-16)3-2-4-12(14)23/h3,5-8,13-14H,2,4H2,1H3,(H2,19,20,21,24). The molecule has 1 aliphatic heterocycles. The van der Waals surface area contributed by atoms with E-state index in [1.54, 1.807) is 12.1 Å². The second kappa shape index (κ2) is 6.66. The van der Waals surface area contributed by atoms with Crippen molar-refractivity contribution in [1.82, 2.24) is 9.97 Å². The highest BCUT2D eigenvalue weighted by Crippen LogP contribution is 2.45. The van der Waals surface area contributed by atoms with Crippen molar-refractivity contribution in [2.75, 3.05) is 11.6 Å². The zero-order valence-corrected chi connectivity index (χ0v) is 15.2. The minimum absolute atomic E-state index is 0.0385. The monoisotopic (exact) mass is 384 g/mol. The van der Waals surface area contributed by atoms with Crippen LogP contribution in [0.5, 0.6) is 0 Å². The molecule has 2 N–H and O–H groups in total. The number of allylic oxidation sites excluding steroid dienone is 2. The van der Waals surface area contributed by atoms with Crippen LogP contribution in [-0.2, 0) is 4.79 Å². The third-order valence-corrected chi connectivity index (χ3v) is 5.51. The van der Waals surface area contributed by atoms with Crippen molar-refractivity contribution in [3.05, 3.63) is 67.6 Å². The molecule has 8 nitrogen and oxygen atoms in total. The largest absolute Gasteiger partial charge is 0.343 e. The topological polar surface area (TPSA) is 118 Å². The molecule has 1 aromatic carbocycles. The van der Waals surface area contributed by atoms with E-state index in [4.69, 9.17) is 0 Å². The summed E-state index contributed by atoms with van der Waals surface area (Å²) in [5, 5.41) is 14.6. The first-order valence-corrected chi connectivity index (χ1v) is 9.64. The smallest absolute Gasteiger partial charge is 0.269 e. The molecule has 0 saturated heterocycles. The lowest BCUT2D eigenvalue weighted by Gasteiger charge is -2.36. The molecule has 0 saturated carbocycles. The van der Waals surface area contributed by atoms with Crippen molar-refractivity contribution in [3.8, 4) is 0 Å². The normalized spacial score (nSPS) is 20.9. The van der Waals surface area contributed by atoms with E-state index in [1.807, 2.05) is 12.3 Å². The fourth-order valence-corrected chi connectivity index (χ4v) is 4.11. The molecule has 0 amide bonds. The Morgan fingerprint density at radius 3 is 2.63 bits per heavy atom. The van der Waals surface area contributed by atoms with E-state index in [2.05, 4.69) is 15.3 Å². The van der Waals surface area contributed by atoms with E-state index in [0.717, 1.165) is 5.70 Å². The molecule has 1 aliphatic carbocycles. The average Bonchev–Trinajstić information content (AvgIpc) is 2.66. The van der Waals surface area contributed by atoms with Crippen LogP contribution in [0.4, 0.5) is 11.5 Å². The lowest BCUT2D eigenvalue weighted by Crippen LogP contribution is -2.38. The van der Waals surface area contributed by atoms with Crippen molar-refractivity contribution in [1.29, 1.82) is 0 Å². The number of carbonyl (C=O) groups is 1. The van der Waals surface area contributed by atoms with Crippen molar-refractivity contribution in [2.24, 2.45) is 5.92 Å². The Bertz CT molecular complexity index is 1030. The first kappa shape index (κ1) is 17.5. The van der Waals surface area contributed by atoms with Crippen molar-refractivity contribution >= 4 is 29.1 Å². The number of hydrogen-bond donors (Lipinski definition) is 2. The molecule has 9 heteroatoms. The third-order valence-electron chi connectivity index (χ3n) is 4.93. The van der Waals surface area contributed by atoms with Crippen LogP contribution in [0.2, 0.25) is 0 Å². The van der Waals surface area contributed by atoms with Crippen LogP contribution in [0.3, 0.4) is 0 Å². The predicted molar refractivity (Wildman–Crippen MR) is 101 cm³/mol. The number of H-pyrrole nitrogens is 1. The number of nitro benzene ring substituents is 1. The molecule has 4 rings (SSSR count). The van der Waals surface area contributed by atoms with Crippen LogP contribution in [0.15, 0.2) is 46.0 Å². The Hall–Kier alpha value is -2.94. The van der Waals surface area contributed by atoms with Crippen molar-refractivity contribution in [3.63, 3.8) is 0 Å². The maximum Gasteiger partial charge on any atom is 0.269 e. The molecular formula is C18H16N4O4S. The highest BCUT2D eigenvalue weighted by atomic mass is 32.2. The van der Waals surface area contributed by atoms with Crippen LogP contribution in [0.25, 0.3) is 0 Å². The second-order valence-electron chi connectivity index (χ2n) is 6.43. The van der Waals surface area contributed by atoms with Gasteiger partial charge in [0, 0.05) is 30.2 Å². The van der Waals surface area contributed by atoms with Gasteiger partial charge in [-0.3, -0.25) is 19.7 Å². The summed E-state index contributed by atoms with van der Waals surface area (Å²) in [6.45, 7) is 0. The molecule has 1 aromatic heterocycles. The van der Waals surface area contributed by atoms with Crippen LogP contribution < -0.4 is 10.9 Å². The molecule has 2 heterocycles. The summed E-state index contributed by atoms with van der Waals surface area (Å²) in [6, 6.07) is 6.01. The van der Waals surface area contributed by atoms with Gasteiger partial charge in [0.2, 0.25) is 0 Å². The summed E-state index contributed by atoms with van der Waals surface area (Å²) in [5.41, 5.74) is 1.46. The van der Waals surface area contributed by atoms with Crippen LogP contribution in [0, 0.1) is 16.0 Å². The van der Waals surface area contributed by atoms with Gasteiger partial charge in [-0.15, -0.1) is 0 Å². The summed E-state index contributed by atoms with van der Waals surface area (Å²) in [5.74, 6) is -0.574. The number of nitrogens with zero attached hydrogens (tertiary/aromatic N) is 2. The zero-order chi connectivity index (χ0) is 19.1. The number of ketones is 1. The molecule has 0 fully saturated rings. The van der Waals surface area contributed by atoms with Gasteiger partial charge in [0.25, 0.3) is 11.2 Å². The van der Waals surface area contributed by atoms with Gasteiger partial charge >= 0.3 is 0 Å². The quantitative estimate of drug-likeness (QED) is 0.361. The van der Waals surface area contributed by atoms with E-state index < -0.39 is 16.8 Å². The number of thioether (sulfide) groups is 1. The fraction of sp³-hybridized carbons (Fsp3) is 0.278. The van der Waals surface area contributed by atoms with Crippen molar-refractivity contribution in [2.45, 2.75) is 23.9 Å². The highest BCUT2D eigenvalue weighted by molar-refractivity contribution is 7.98. The van der Waals surface area contributed by atoms with E-state index >= 15 is 0 Å². The first-order valence-electron chi connectivity index (χ1n) is 8.42. The van der Waals surface area contributed by atoms with Gasteiger partial charge in [0.1, 0.15) is 11.6 Å². The summed E-state index contributed by atoms with van der Waals surface area (Å²) >= 11 is 1.32. The Morgan fingerprint density at radius 2 is 1.96 bits per heavy atom. The first-order chi connectivity index (χ1) is 13.0. The lowest BCUT2D eigenvalue weighted by molar-refractivity contribution is -0.384. The predicted octanol–water partition coefficient (Wildman–Crippen LogP) is 2.82. The highest BCUT2D eigenvalue weighted by Gasteiger charge is 2.42. The number of aromatic nitrogens is 2. The molecule has 0 bridgehead atoms. The van der Waals surface area contributed by atoms with Gasteiger partial charge in [-0.1, -0.05) is 30.0 Å². The Morgan fingerprint density at radius 1 is 1.22 bits per heavy atom. The minimum Gasteiger partial charge on any atom is -0.343 e. The van der Waals surface area contributed by atoms with E-state index in [9.17, 15) is 19.7 Å². The number of fused-ring (bicyclic) bond motifs is 2. The van der Waals surface area contributed by atoms with Crippen LogP contribution in [-0.4, -0.2) is 26.9 Å². The van der Waals surface area contributed by atoms with Crippen LogP contribution >= 0.6 is 11.8 Å². The van der Waals surface area contributed by atoms with Gasteiger partial charge in [-0.2, -0.15) is 0 Å². The lowest BCUT2D eigenvalue weighted by atomic mass is 9.72. The summed E-state index contributed by atoms with van der Waals surface area (Å²) in [4.78, 5) is 43.2. The van der Waals surface area contributed by atoms with E-state index in [0.29, 0.717) is 34.9 Å². The van der Waals surface area contributed by atoms with Crippen molar-refractivity contribution < 1.29 is 9.72 Å². The molecule has 0 spiro atoms. The molecule has 2 aliphatic rings. The number of nitrogens with one attached hydrogen (secondary N) is 2. The number of benzene rings is 1. The van der Waals surface area contributed by atoms with Gasteiger partial charge < -0.3 is 10.3 Å².